The fraction of sp³-hybridized carbons (Fsp3) is 0.364. The van der Waals surface area contributed by atoms with Crippen LogP contribution in [0.15, 0.2) is 29.2 Å². The summed E-state index contributed by atoms with van der Waals surface area (Å²) < 4.78 is 0. The van der Waals surface area contributed by atoms with Crippen LogP contribution in [0, 0.1) is 0 Å². The molecular weight excluding hydrogens is 210 g/mol. The van der Waals surface area contributed by atoms with Gasteiger partial charge in [-0.25, -0.2) is 0 Å². The van der Waals surface area contributed by atoms with Crippen molar-refractivity contribution in [3.8, 4) is 0 Å². The number of aliphatic hydroxyl groups excluding tert-OH is 1. The lowest BCUT2D eigenvalue weighted by Crippen LogP contribution is -2.41. The van der Waals surface area contributed by atoms with Gasteiger partial charge in [0.25, 0.3) is 0 Å². The van der Waals surface area contributed by atoms with E-state index in [1.165, 1.54) is 0 Å². The summed E-state index contributed by atoms with van der Waals surface area (Å²) in [5.74, 6) is 0.0766. The molecule has 1 aliphatic heterocycles. The van der Waals surface area contributed by atoms with E-state index in [1.54, 1.807) is 16.7 Å². The van der Waals surface area contributed by atoms with Crippen molar-refractivity contribution < 1.29 is 9.90 Å². The van der Waals surface area contributed by atoms with E-state index < -0.39 is 0 Å². The number of carbonyl (C=O) groups is 1. The van der Waals surface area contributed by atoms with E-state index in [1.807, 2.05) is 31.2 Å². The predicted octanol–water partition coefficient (Wildman–Crippen LogP) is 1.51. The Kier molecular flexibility index (Phi) is 2.98. The number of amides is 1. The molecule has 2 rings (SSSR count). The maximum atomic E-state index is 11.9. The second-order valence-corrected chi connectivity index (χ2v) is 4.82. The third kappa shape index (κ3) is 1.87. The Morgan fingerprint density at radius 3 is 2.93 bits per heavy atom. The molecule has 0 aromatic heterocycles. The predicted molar refractivity (Wildman–Crippen MR) is 61.2 cm³/mol. The smallest absolute Gasteiger partial charge is 0.240 e. The molecule has 15 heavy (non-hydrogen) atoms. The first kappa shape index (κ1) is 10.5. The summed E-state index contributed by atoms with van der Waals surface area (Å²) in [6.45, 7) is 2.27. The average molecular weight is 223 g/mol. The second-order valence-electron chi connectivity index (χ2n) is 3.44. The van der Waals surface area contributed by atoms with Crippen LogP contribution in [0.4, 0.5) is 5.69 Å². The highest BCUT2D eigenvalue weighted by Gasteiger charge is 2.29. The first-order valence-electron chi connectivity index (χ1n) is 4.92. The summed E-state index contributed by atoms with van der Waals surface area (Å²) in [5, 5.41) is 8.88. The van der Waals surface area contributed by atoms with Crippen LogP contribution in [0.25, 0.3) is 0 Å². The molecule has 1 aromatic carbocycles. The Morgan fingerprint density at radius 2 is 2.20 bits per heavy atom. The number of nitrogens with zero attached hydrogens (tertiary/aromatic N) is 1. The van der Waals surface area contributed by atoms with Crippen LogP contribution in [0.5, 0.6) is 0 Å². The first-order valence-corrected chi connectivity index (χ1v) is 5.80. The highest BCUT2D eigenvalue weighted by molar-refractivity contribution is 8.00. The number of aliphatic hydroxyl groups is 1. The zero-order valence-electron chi connectivity index (χ0n) is 8.51. The van der Waals surface area contributed by atoms with E-state index in [2.05, 4.69) is 0 Å². The van der Waals surface area contributed by atoms with Crippen molar-refractivity contribution in [1.29, 1.82) is 0 Å². The molecule has 1 aliphatic rings. The van der Waals surface area contributed by atoms with E-state index in [0.717, 1.165) is 10.6 Å². The van der Waals surface area contributed by atoms with Gasteiger partial charge in [0.05, 0.1) is 17.5 Å². The van der Waals surface area contributed by atoms with Crippen molar-refractivity contribution in [2.75, 3.05) is 18.1 Å². The van der Waals surface area contributed by atoms with Gasteiger partial charge < -0.3 is 10.0 Å². The number of carbonyl (C=O) groups excluding carboxylic acids is 1. The topological polar surface area (TPSA) is 40.5 Å². The monoisotopic (exact) mass is 223 g/mol. The Labute approximate surface area is 93.1 Å². The maximum Gasteiger partial charge on any atom is 0.240 e. The molecule has 1 aromatic rings. The van der Waals surface area contributed by atoms with Crippen molar-refractivity contribution in [3.63, 3.8) is 0 Å². The molecule has 80 valence electrons. The second kappa shape index (κ2) is 4.24. The van der Waals surface area contributed by atoms with E-state index in [0.29, 0.717) is 6.54 Å². The van der Waals surface area contributed by atoms with Crippen LogP contribution in [0.3, 0.4) is 0 Å². The summed E-state index contributed by atoms with van der Waals surface area (Å²) in [6, 6.07) is 7.80. The minimum absolute atomic E-state index is 0.00252. The Hall–Kier alpha value is -1.00. The van der Waals surface area contributed by atoms with Gasteiger partial charge in [0.2, 0.25) is 5.91 Å². The van der Waals surface area contributed by atoms with Gasteiger partial charge in [0, 0.05) is 11.4 Å². The number of anilines is 1. The van der Waals surface area contributed by atoms with Crippen molar-refractivity contribution in [3.05, 3.63) is 24.3 Å². The molecule has 1 heterocycles. The van der Waals surface area contributed by atoms with Crippen LogP contribution < -0.4 is 4.90 Å². The molecule has 1 N–H and O–H groups in total. The summed E-state index contributed by atoms with van der Waals surface area (Å²) in [4.78, 5) is 14.6. The summed E-state index contributed by atoms with van der Waals surface area (Å²) in [6.07, 6.45) is 0. The normalized spacial score (nSPS) is 20.3. The molecule has 3 nitrogen and oxygen atoms in total. The SMILES string of the molecule is CC1Sc2ccccc2N(CCO)C1=O. The molecule has 1 unspecified atom stereocenters. The van der Waals surface area contributed by atoms with Crippen LogP contribution >= 0.6 is 11.8 Å². The molecule has 1 amide bonds. The molecule has 4 heteroatoms. The Morgan fingerprint density at radius 1 is 1.47 bits per heavy atom. The maximum absolute atomic E-state index is 11.9. The number of fused-ring (bicyclic) bond motifs is 1. The summed E-state index contributed by atoms with van der Waals surface area (Å²) >= 11 is 1.58. The quantitative estimate of drug-likeness (QED) is 0.826. The van der Waals surface area contributed by atoms with Crippen molar-refractivity contribution in [2.45, 2.75) is 17.1 Å². The number of hydrogen-bond acceptors (Lipinski definition) is 3. The van der Waals surface area contributed by atoms with Crippen molar-refractivity contribution in [1.82, 2.24) is 0 Å². The zero-order chi connectivity index (χ0) is 10.8. The fourth-order valence-electron chi connectivity index (χ4n) is 1.69. The van der Waals surface area contributed by atoms with Gasteiger partial charge in [-0.15, -0.1) is 11.8 Å². The van der Waals surface area contributed by atoms with Gasteiger partial charge in [-0.3, -0.25) is 4.79 Å². The van der Waals surface area contributed by atoms with Crippen molar-refractivity contribution >= 4 is 23.4 Å². The standard InChI is InChI=1S/C11H13NO2S/c1-8-11(14)12(6-7-13)9-4-2-3-5-10(9)15-8/h2-5,8,13H,6-7H2,1H3. The molecule has 0 aliphatic carbocycles. The highest BCUT2D eigenvalue weighted by Crippen LogP contribution is 2.38. The minimum Gasteiger partial charge on any atom is -0.395 e. The molecule has 0 saturated carbocycles. The van der Waals surface area contributed by atoms with E-state index >= 15 is 0 Å². The third-order valence-corrected chi connectivity index (χ3v) is 3.55. The molecule has 0 saturated heterocycles. The number of benzene rings is 1. The summed E-state index contributed by atoms with van der Waals surface area (Å²) in [5.41, 5.74) is 0.916. The van der Waals surface area contributed by atoms with E-state index in [9.17, 15) is 4.79 Å². The minimum atomic E-state index is -0.0635. The third-order valence-electron chi connectivity index (χ3n) is 2.40. The average Bonchev–Trinajstić information content (AvgIpc) is 2.25. The molecule has 0 radical (unpaired) electrons. The molecular formula is C11H13NO2S. The lowest BCUT2D eigenvalue weighted by molar-refractivity contribution is -0.118. The zero-order valence-corrected chi connectivity index (χ0v) is 9.33. The van der Waals surface area contributed by atoms with Crippen LogP contribution in [-0.4, -0.2) is 29.4 Å². The van der Waals surface area contributed by atoms with Gasteiger partial charge in [0.15, 0.2) is 0 Å². The van der Waals surface area contributed by atoms with Gasteiger partial charge in [0.1, 0.15) is 0 Å². The Bertz CT molecular complexity index is 381. The van der Waals surface area contributed by atoms with Crippen molar-refractivity contribution in [2.24, 2.45) is 0 Å². The lowest BCUT2D eigenvalue weighted by atomic mass is 10.2. The molecule has 0 bridgehead atoms. The molecule has 1 atom stereocenters. The number of rotatable bonds is 2. The van der Waals surface area contributed by atoms with Crippen LogP contribution in [0.2, 0.25) is 0 Å². The number of hydrogen-bond donors (Lipinski definition) is 1. The largest absolute Gasteiger partial charge is 0.395 e. The van der Waals surface area contributed by atoms with Crippen LogP contribution in [-0.2, 0) is 4.79 Å². The summed E-state index contributed by atoms with van der Waals surface area (Å²) in [7, 11) is 0. The highest BCUT2D eigenvalue weighted by atomic mass is 32.2. The van der Waals surface area contributed by atoms with E-state index in [-0.39, 0.29) is 17.8 Å². The molecule has 0 spiro atoms. The number of thioether (sulfide) groups is 1. The number of β-amino-alcohol motifs (C(OH)–C–C–N with tert-alkyl or cyclic N) is 1. The van der Waals surface area contributed by atoms with Gasteiger partial charge in [-0.1, -0.05) is 12.1 Å². The first-order chi connectivity index (χ1) is 7.24. The number of para-hydroxylation sites is 1. The lowest BCUT2D eigenvalue weighted by Gasteiger charge is -2.31. The Balaban J connectivity index is 2.40. The van der Waals surface area contributed by atoms with Gasteiger partial charge in [-0.2, -0.15) is 0 Å². The fourth-order valence-corrected chi connectivity index (χ4v) is 2.75. The van der Waals surface area contributed by atoms with E-state index in [4.69, 9.17) is 5.11 Å². The van der Waals surface area contributed by atoms with Gasteiger partial charge in [-0.05, 0) is 19.1 Å². The van der Waals surface area contributed by atoms with Gasteiger partial charge >= 0.3 is 0 Å². The van der Waals surface area contributed by atoms with Crippen LogP contribution in [0.1, 0.15) is 6.92 Å². The molecule has 0 fully saturated rings.